The lowest BCUT2D eigenvalue weighted by atomic mass is 9.84. The van der Waals surface area contributed by atoms with Crippen LogP contribution in [0.25, 0.3) is 11.1 Å². The van der Waals surface area contributed by atoms with Crippen molar-refractivity contribution in [2.75, 3.05) is 0 Å². The Balaban J connectivity index is 2.39. The lowest BCUT2D eigenvalue weighted by Crippen LogP contribution is -2.00. The van der Waals surface area contributed by atoms with E-state index < -0.39 is 0 Å². The first-order valence-corrected chi connectivity index (χ1v) is 9.30. The molecule has 0 aliphatic heterocycles. The third kappa shape index (κ3) is 3.51. The summed E-state index contributed by atoms with van der Waals surface area (Å²) >= 11 is 0. The fourth-order valence-corrected chi connectivity index (χ4v) is 4.26. The normalized spacial score (nSPS) is 13.9. The molecule has 2 aromatic rings. The van der Waals surface area contributed by atoms with Crippen LogP contribution in [0.4, 0.5) is 0 Å². The highest BCUT2D eigenvalue weighted by atomic mass is 14.2. The maximum atomic E-state index is 2.29. The van der Waals surface area contributed by atoms with E-state index in [1.54, 1.807) is 0 Å². The molecule has 3 rings (SSSR count). The molecule has 0 radical (unpaired) electrons. The van der Waals surface area contributed by atoms with Crippen molar-refractivity contribution in [1.82, 2.24) is 0 Å². The quantitative estimate of drug-likeness (QED) is 0.545. The van der Waals surface area contributed by atoms with E-state index in [0.29, 0.717) is 0 Å². The first kappa shape index (κ1) is 18.2. The largest absolute Gasteiger partial charge is 0.0622 e. The van der Waals surface area contributed by atoms with Gasteiger partial charge in [0.1, 0.15) is 0 Å². The van der Waals surface area contributed by atoms with Gasteiger partial charge in [-0.05, 0) is 86.1 Å². The summed E-state index contributed by atoms with van der Waals surface area (Å²) in [6.45, 7) is 13.2. The van der Waals surface area contributed by atoms with Crippen LogP contribution in [0.5, 0.6) is 0 Å². The van der Waals surface area contributed by atoms with Crippen molar-refractivity contribution < 1.29 is 0 Å². The number of aryl methyl sites for hydroxylation is 6. The Hall–Kier alpha value is -2.60. The third-order valence-electron chi connectivity index (χ3n) is 5.04. The molecule has 0 saturated carbocycles. The van der Waals surface area contributed by atoms with E-state index in [1.807, 2.05) is 0 Å². The van der Waals surface area contributed by atoms with Gasteiger partial charge in [0.05, 0.1) is 0 Å². The van der Waals surface area contributed by atoms with Gasteiger partial charge >= 0.3 is 0 Å². The van der Waals surface area contributed by atoms with Crippen molar-refractivity contribution in [2.24, 2.45) is 0 Å². The van der Waals surface area contributed by atoms with Gasteiger partial charge in [0.15, 0.2) is 0 Å². The maximum Gasteiger partial charge on any atom is -0.00999 e. The summed E-state index contributed by atoms with van der Waals surface area (Å²) in [5.74, 6) is 0. The van der Waals surface area contributed by atoms with Crippen molar-refractivity contribution in [2.45, 2.75) is 41.5 Å². The van der Waals surface area contributed by atoms with Gasteiger partial charge in [0.25, 0.3) is 0 Å². The minimum Gasteiger partial charge on any atom is -0.0622 e. The molecule has 0 saturated heterocycles. The SMILES string of the molecule is Cc1cc(C)c(C2=C(c3c(C)cc(C)cc3C)C=CC=CC=C2)c(C)c1. The van der Waals surface area contributed by atoms with Gasteiger partial charge in [-0.2, -0.15) is 0 Å². The van der Waals surface area contributed by atoms with Crippen LogP contribution in [0.3, 0.4) is 0 Å². The Kier molecular flexibility index (Phi) is 5.13. The third-order valence-corrected chi connectivity index (χ3v) is 5.04. The molecule has 132 valence electrons. The van der Waals surface area contributed by atoms with Crippen molar-refractivity contribution >= 4 is 11.1 Å². The minimum absolute atomic E-state index is 1.30. The van der Waals surface area contributed by atoms with Crippen LogP contribution in [0.15, 0.2) is 60.7 Å². The van der Waals surface area contributed by atoms with Crippen LogP contribution in [0.2, 0.25) is 0 Å². The molecule has 2 aromatic carbocycles. The van der Waals surface area contributed by atoms with Gasteiger partial charge in [-0.3, -0.25) is 0 Å². The van der Waals surface area contributed by atoms with E-state index in [4.69, 9.17) is 0 Å². The molecule has 0 heteroatoms. The van der Waals surface area contributed by atoms with E-state index in [1.165, 1.54) is 55.7 Å². The first-order chi connectivity index (χ1) is 12.4. The van der Waals surface area contributed by atoms with Crippen molar-refractivity contribution in [3.05, 3.63) is 105 Å². The van der Waals surface area contributed by atoms with Crippen LogP contribution in [0.1, 0.15) is 44.5 Å². The van der Waals surface area contributed by atoms with E-state index in [9.17, 15) is 0 Å². The molecular formula is C26H28. The molecule has 0 bridgehead atoms. The number of allylic oxidation sites excluding steroid dienone is 8. The highest BCUT2D eigenvalue weighted by Gasteiger charge is 2.16. The molecule has 1 aliphatic carbocycles. The summed E-state index contributed by atoms with van der Waals surface area (Å²) < 4.78 is 0. The van der Waals surface area contributed by atoms with E-state index >= 15 is 0 Å². The summed E-state index contributed by atoms with van der Waals surface area (Å²) in [7, 11) is 0. The molecule has 0 nitrogen and oxygen atoms in total. The molecule has 1 aliphatic rings. The number of hydrogen-bond acceptors (Lipinski definition) is 0. The Morgan fingerprint density at radius 3 is 1.04 bits per heavy atom. The number of rotatable bonds is 2. The van der Waals surface area contributed by atoms with Crippen LogP contribution < -0.4 is 0 Å². The standard InChI is InChI=1S/C26H28/c1-17-13-19(3)25(20(4)14-17)23-11-9-7-8-10-12-24(23)26-21(5)15-18(2)16-22(26)6/h7-16H,1-6H3. The Morgan fingerprint density at radius 2 is 0.731 bits per heavy atom. The zero-order valence-corrected chi connectivity index (χ0v) is 16.8. The molecule has 0 unspecified atom stereocenters. The summed E-state index contributed by atoms with van der Waals surface area (Å²) in [5.41, 5.74) is 13.3. The fraction of sp³-hybridized carbons (Fsp3) is 0.231. The Bertz CT molecular complexity index is 850. The number of hydrogen-bond donors (Lipinski definition) is 0. The van der Waals surface area contributed by atoms with Gasteiger partial charge in [-0.1, -0.05) is 71.8 Å². The van der Waals surface area contributed by atoms with Crippen LogP contribution >= 0.6 is 0 Å². The van der Waals surface area contributed by atoms with Crippen LogP contribution in [0, 0.1) is 41.5 Å². The maximum absolute atomic E-state index is 2.29. The van der Waals surface area contributed by atoms with Crippen molar-refractivity contribution in [3.8, 4) is 0 Å². The van der Waals surface area contributed by atoms with Crippen molar-refractivity contribution in [3.63, 3.8) is 0 Å². The predicted octanol–water partition coefficient (Wildman–Crippen LogP) is 7.13. The average molecular weight is 341 g/mol. The monoisotopic (exact) mass is 340 g/mol. The highest BCUT2D eigenvalue weighted by molar-refractivity contribution is 6.02. The molecule has 0 heterocycles. The van der Waals surface area contributed by atoms with Crippen molar-refractivity contribution in [1.29, 1.82) is 0 Å². The summed E-state index contributed by atoms with van der Waals surface area (Å²) in [5, 5.41) is 0. The molecule has 26 heavy (non-hydrogen) atoms. The zero-order chi connectivity index (χ0) is 18.8. The molecule has 0 amide bonds. The van der Waals surface area contributed by atoms with Gasteiger partial charge in [-0.15, -0.1) is 0 Å². The average Bonchev–Trinajstić information content (AvgIpc) is 2.50. The van der Waals surface area contributed by atoms with Gasteiger partial charge < -0.3 is 0 Å². The second-order valence-electron chi connectivity index (χ2n) is 7.48. The Labute approximate surface area is 158 Å². The van der Waals surface area contributed by atoms with Gasteiger partial charge in [0, 0.05) is 0 Å². The summed E-state index contributed by atoms with van der Waals surface area (Å²) in [6.07, 6.45) is 13.0. The molecule has 0 atom stereocenters. The molecule has 0 aromatic heterocycles. The van der Waals surface area contributed by atoms with Gasteiger partial charge in [0.2, 0.25) is 0 Å². The predicted molar refractivity (Wildman–Crippen MR) is 116 cm³/mol. The first-order valence-electron chi connectivity index (χ1n) is 9.30. The second kappa shape index (κ2) is 7.33. The van der Waals surface area contributed by atoms with E-state index in [-0.39, 0.29) is 0 Å². The van der Waals surface area contributed by atoms with E-state index in [0.717, 1.165) is 0 Å². The summed E-state index contributed by atoms with van der Waals surface area (Å²) in [6, 6.07) is 9.14. The highest BCUT2D eigenvalue weighted by Crippen LogP contribution is 2.36. The smallest absolute Gasteiger partial charge is 0.00999 e. The molecule has 0 fully saturated rings. The molecule has 0 N–H and O–H groups in total. The lowest BCUT2D eigenvalue weighted by molar-refractivity contribution is 1.28. The Morgan fingerprint density at radius 1 is 0.423 bits per heavy atom. The molecule has 0 spiro atoms. The van der Waals surface area contributed by atoms with E-state index in [2.05, 4.69) is 102 Å². The summed E-state index contributed by atoms with van der Waals surface area (Å²) in [4.78, 5) is 0. The van der Waals surface area contributed by atoms with Crippen LogP contribution in [-0.4, -0.2) is 0 Å². The minimum atomic E-state index is 1.30. The molecular weight excluding hydrogens is 312 g/mol. The zero-order valence-electron chi connectivity index (χ0n) is 16.8. The van der Waals surface area contributed by atoms with Gasteiger partial charge in [-0.25, -0.2) is 0 Å². The van der Waals surface area contributed by atoms with Crippen LogP contribution in [-0.2, 0) is 0 Å². The fourth-order valence-electron chi connectivity index (χ4n) is 4.26. The lowest BCUT2D eigenvalue weighted by Gasteiger charge is -2.20. The second-order valence-corrected chi connectivity index (χ2v) is 7.48. The number of benzene rings is 2. The topological polar surface area (TPSA) is 0 Å².